The van der Waals surface area contributed by atoms with Gasteiger partial charge in [-0.15, -0.1) is 0 Å². The molecular formula is C14H20F3N3O2. The Labute approximate surface area is 126 Å². The third kappa shape index (κ3) is 4.46. The third-order valence-electron chi connectivity index (χ3n) is 3.71. The normalized spacial score (nSPS) is 22.6. The second-order valence-corrected chi connectivity index (χ2v) is 5.82. The molecule has 0 radical (unpaired) electrons. The van der Waals surface area contributed by atoms with E-state index in [4.69, 9.17) is 4.74 Å². The van der Waals surface area contributed by atoms with Gasteiger partial charge in [-0.2, -0.15) is 18.3 Å². The lowest BCUT2D eigenvalue weighted by molar-refractivity contribution is -0.140. The monoisotopic (exact) mass is 319 g/mol. The van der Waals surface area contributed by atoms with E-state index in [0.29, 0.717) is 5.92 Å². The Bertz CT molecular complexity index is 528. The topological polar surface area (TPSA) is 56.1 Å². The molecule has 0 saturated heterocycles. The summed E-state index contributed by atoms with van der Waals surface area (Å²) in [5, 5.41) is 5.55. The van der Waals surface area contributed by atoms with Gasteiger partial charge in [-0.1, -0.05) is 19.8 Å². The maximum atomic E-state index is 12.8. The third-order valence-corrected chi connectivity index (χ3v) is 3.71. The molecule has 2 rings (SSSR count). The fourth-order valence-electron chi connectivity index (χ4n) is 2.70. The summed E-state index contributed by atoms with van der Waals surface area (Å²) in [5.74, 6) is -0.0475. The van der Waals surface area contributed by atoms with Gasteiger partial charge in [0.1, 0.15) is 6.61 Å². The number of anilines is 1. The molecule has 1 fully saturated rings. The molecule has 0 bridgehead atoms. The van der Waals surface area contributed by atoms with Crippen molar-refractivity contribution in [2.24, 2.45) is 13.0 Å². The van der Waals surface area contributed by atoms with E-state index in [-0.39, 0.29) is 18.4 Å². The molecule has 2 unspecified atom stereocenters. The minimum absolute atomic E-state index is 0.00508. The summed E-state index contributed by atoms with van der Waals surface area (Å²) in [6.07, 6.45) is 0.495. The van der Waals surface area contributed by atoms with Crippen molar-refractivity contribution >= 4 is 11.6 Å². The van der Waals surface area contributed by atoms with Gasteiger partial charge in [-0.05, 0) is 18.8 Å². The van der Waals surface area contributed by atoms with Crippen molar-refractivity contribution < 1.29 is 22.7 Å². The summed E-state index contributed by atoms with van der Waals surface area (Å²) in [7, 11) is 1.37. The maximum absolute atomic E-state index is 12.8. The summed E-state index contributed by atoms with van der Waals surface area (Å²) >= 11 is 0. The first kappa shape index (κ1) is 16.8. The number of hydrogen-bond donors (Lipinski definition) is 1. The average molecular weight is 319 g/mol. The lowest BCUT2D eigenvalue weighted by Crippen LogP contribution is -2.27. The summed E-state index contributed by atoms with van der Waals surface area (Å²) < 4.78 is 44.8. The van der Waals surface area contributed by atoms with Gasteiger partial charge in [-0.25, -0.2) is 0 Å². The van der Waals surface area contributed by atoms with Gasteiger partial charge in [0, 0.05) is 13.2 Å². The van der Waals surface area contributed by atoms with E-state index in [0.717, 1.165) is 36.6 Å². The minimum Gasteiger partial charge on any atom is -0.368 e. The molecule has 1 amide bonds. The van der Waals surface area contributed by atoms with Crippen LogP contribution in [0.5, 0.6) is 0 Å². The van der Waals surface area contributed by atoms with Crippen LogP contribution in [0.4, 0.5) is 18.9 Å². The molecule has 1 aliphatic rings. The molecule has 1 saturated carbocycles. The van der Waals surface area contributed by atoms with Crippen LogP contribution in [-0.4, -0.2) is 28.4 Å². The molecule has 0 aromatic carbocycles. The van der Waals surface area contributed by atoms with Crippen molar-refractivity contribution in [3.05, 3.63) is 11.9 Å². The molecule has 124 valence electrons. The number of rotatable bonds is 4. The largest absolute Gasteiger partial charge is 0.437 e. The number of nitrogens with zero attached hydrogens (tertiary/aromatic N) is 2. The van der Waals surface area contributed by atoms with Gasteiger partial charge >= 0.3 is 6.18 Å². The van der Waals surface area contributed by atoms with E-state index in [1.54, 1.807) is 0 Å². The van der Waals surface area contributed by atoms with Gasteiger partial charge in [0.2, 0.25) is 5.91 Å². The number of carbonyl (C=O) groups is 1. The van der Waals surface area contributed by atoms with Crippen LogP contribution < -0.4 is 5.32 Å². The molecule has 1 aromatic rings. The first-order valence-corrected chi connectivity index (χ1v) is 7.28. The molecule has 2 atom stereocenters. The first-order valence-electron chi connectivity index (χ1n) is 7.28. The van der Waals surface area contributed by atoms with Crippen molar-refractivity contribution in [3.63, 3.8) is 0 Å². The molecular weight excluding hydrogens is 299 g/mol. The van der Waals surface area contributed by atoms with Crippen molar-refractivity contribution in [1.29, 1.82) is 0 Å². The molecule has 1 heterocycles. The number of amides is 1. The van der Waals surface area contributed by atoms with E-state index in [2.05, 4.69) is 17.3 Å². The van der Waals surface area contributed by atoms with Crippen LogP contribution in [0.1, 0.15) is 38.3 Å². The molecule has 0 spiro atoms. The van der Waals surface area contributed by atoms with Crippen LogP contribution in [0.2, 0.25) is 0 Å². The zero-order chi connectivity index (χ0) is 16.3. The molecule has 8 heteroatoms. The Hall–Kier alpha value is -1.57. The fourth-order valence-corrected chi connectivity index (χ4v) is 2.70. The van der Waals surface area contributed by atoms with Gasteiger partial charge < -0.3 is 10.1 Å². The van der Waals surface area contributed by atoms with Gasteiger partial charge in [0.15, 0.2) is 5.69 Å². The zero-order valence-corrected chi connectivity index (χ0v) is 12.6. The number of aromatic nitrogens is 2. The van der Waals surface area contributed by atoms with Gasteiger partial charge in [-0.3, -0.25) is 9.48 Å². The Kier molecular flexibility index (Phi) is 5.10. The number of carbonyl (C=O) groups excluding carboxylic acids is 1. The highest BCUT2D eigenvalue weighted by molar-refractivity contribution is 5.92. The van der Waals surface area contributed by atoms with E-state index >= 15 is 0 Å². The van der Waals surface area contributed by atoms with E-state index in [1.165, 1.54) is 7.05 Å². The van der Waals surface area contributed by atoms with Crippen LogP contribution in [0.3, 0.4) is 0 Å². The van der Waals surface area contributed by atoms with Gasteiger partial charge in [0.25, 0.3) is 0 Å². The number of ether oxygens (including phenoxy) is 1. The number of halogens is 3. The lowest BCUT2D eigenvalue weighted by atomic mass is 9.89. The minimum atomic E-state index is -4.61. The van der Waals surface area contributed by atoms with Crippen molar-refractivity contribution in [2.45, 2.75) is 44.9 Å². The van der Waals surface area contributed by atoms with Crippen LogP contribution in [0.25, 0.3) is 0 Å². The molecule has 1 aromatic heterocycles. The highest BCUT2D eigenvalue weighted by atomic mass is 19.4. The van der Waals surface area contributed by atoms with E-state index < -0.39 is 17.8 Å². The predicted molar refractivity (Wildman–Crippen MR) is 74.2 cm³/mol. The van der Waals surface area contributed by atoms with Crippen LogP contribution in [-0.2, 0) is 22.8 Å². The predicted octanol–water partition coefficient (Wildman–Crippen LogP) is 2.97. The Morgan fingerprint density at radius 3 is 2.86 bits per heavy atom. The summed E-state index contributed by atoms with van der Waals surface area (Å²) in [4.78, 5) is 11.8. The summed E-state index contributed by atoms with van der Waals surface area (Å²) in [5.41, 5.74) is -1.45. The van der Waals surface area contributed by atoms with Crippen LogP contribution in [0.15, 0.2) is 6.20 Å². The van der Waals surface area contributed by atoms with E-state index in [9.17, 15) is 18.0 Å². The SMILES string of the molecule is CC1CCCC(OCC(=O)Nc2cn(C)nc2C(F)(F)F)C1. The molecule has 1 N–H and O–H groups in total. The highest BCUT2D eigenvalue weighted by Gasteiger charge is 2.37. The summed E-state index contributed by atoms with van der Waals surface area (Å²) in [6, 6.07) is 0. The molecule has 22 heavy (non-hydrogen) atoms. The van der Waals surface area contributed by atoms with Crippen molar-refractivity contribution in [1.82, 2.24) is 9.78 Å². The average Bonchev–Trinajstić information content (AvgIpc) is 2.77. The van der Waals surface area contributed by atoms with Gasteiger partial charge in [0.05, 0.1) is 11.8 Å². The number of hydrogen-bond acceptors (Lipinski definition) is 3. The second-order valence-electron chi connectivity index (χ2n) is 5.82. The number of alkyl halides is 3. The second kappa shape index (κ2) is 6.68. The Balaban J connectivity index is 1.90. The zero-order valence-electron chi connectivity index (χ0n) is 12.6. The lowest BCUT2D eigenvalue weighted by Gasteiger charge is -2.26. The molecule has 0 aliphatic heterocycles. The van der Waals surface area contributed by atoms with Crippen LogP contribution in [0, 0.1) is 5.92 Å². The molecule has 1 aliphatic carbocycles. The van der Waals surface area contributed by atoms with Crippen molar-refractivity contribution in [2.75, 3.05) is 11.9 Å². The van der Waals surface area contributed by atoms with Crippen LogP contribution >= 0.6 is 0 Å². The standard InChI is InChI=1S/C14H20F3N3O2/c1-9-4-3-5-10(6-9)22-8-12(21)18-11-7-20(2)19-13(11)14(15,16)17/h7,9-10H,3-6,8H2,1-2H3,(H,18,21). The maximum Gasteiger partial charge on any atom is 0.437 e. The fraction of sp³-hybridized carbons (Fsp3) is 0.714. The first-order chi connectivity index (χ1) is 10.3. The van der Waals surface area contributed by atoms with E-state index in [1.807, 2.05) is 0 Å². The number of aryl methyl sites for hydroxylation is 1. The Morgan fingerprint density at radius 2 is 2.23 bits per heavy atom. The highest BCUT2D eigenvalue weighted by Crippen LogP contribution is 2.33. The number of nitrogens with one attached hydrogen (secondary N) is 1. The smallest absolute Gasteiger partial charge is 0.368 e. The quantitative estimate of drug-likeness (QED) is 0.928. The van der Waals surface area contributed by atoms with Crippen molar-refractivity contribution in [3.8, 4) is 0 Å². The molecule has 5 nitrogen and oxygen atoms in total. The Morgan fingerprint density at radius 1 is 1.50 bits per heavy atom. The summed E-state index contributed by atoms with van der Waals surface area (Å²) in [6.45, 7) is 1.88.